The molecule has 0 amide bonds. The fraction of sp³-hybridized carbons (Fsp3) is 0.214. The lowest BCUT2D eigenvalue weighted by Gasteiger charge is -2.05. The van der Waals surface area contributed by atoms with E-state index in [1.165, 1.54) is 12.5 Å². The zero-order chi connectivity index (χ0) is 14.5. The second kappa shape index (κ2) is 7.78. The standard InChI is InChI=1S/C14H14O2S5/c15-13(11-3-1-2-4-11)16-5-6-17-12-9-21(10-20-12)14-18-7-8-19-14/h1-4,7-9,15H,5-6,10H2. The fourth-order valence-corrected chi connectivity index (χ4v) is 9.96. The van der Waals surface area contributed by atoms with Crippen LogP contribution in [0.15, 0.2) is 56.2 Å². The summed E-state index contributed by atoms with van der Waals surface area (Å²) in [5.41, 5.74) is 0.746. The van der Waals surface area contributed by atoms with E-state index in [4.69, 9.17) is 4.74 Å². The van der Waals surface area contributed by atoms with Crippen LogP contribution in [-0.2, 0) is 4.74 Å². The third-order valence-electron chi connectivity index (χ3n) is 2.64. The number of allylic oxidation sites excluding steroid dienone is 5. The number of thioether (sulfide) groups is 2. The summed E-state index contributed by atoms with van der Waals surface area (Å²) in [5, 5.41) is 17.6. The summed E-state index contributed by atoms with van der Waals surface area (Å²) in [7, 11) is 0.294. The summed E-state index contributed by atoms with van der Waals surface area (Å²) < 4.78 is 8.26. The van der Waals surface area contributed by atoms with Gasteiger partial charge in [0.25, 0.3) is 5.95 Å². The molecule has 1 unspecified atom stereocenters. The molecule has 1 aromatic heterocycles. The molecule has 21 heavy (non-hydrogen) atoms. The first-order valence-electron chi connectivity index (χ1n) is 6.26. The van der Waals surface area contributed by atoms with E-state index in [0.29, 0.717) is 17.1 Å². The van der Waals surface area contributed by atoms with Gasteiger partial charge in [-0.1, -0.05) is 12.2 Å². The maximum Gasteiger partial charge on any atom is 0.284 e. The predicted octanol–water partition coefficient (Wildman–Crippen LogP) is 5.76. The number of rotatable bonds is 5. The van der Waals surface area contributed by atoms with Crippen LogP contribution in [0.4, 0.5) is 0 Å². The third-order valence-corrected chi connectivity index (χ3v) is 10.8. The van der Waals surface area contributed by atoms with Gasteiger partial charge in [-0.05, 0) is 17.6 Å². The highest BCUT2D eigenvalue weighted by molar-refractivity contribution is 8.34. The predicted molar refractivity (Wildman–Crippen MR) is 99.9 cm³/mol. The molecule has 1 aromatic rings. The second-order valence-corrected chi connectivity index (χ2v) is 11.2. The van der Waals surface area contributed by atoms with Crippen molar-refractivity contribution in [1.29, 1.82) is 0 Å². The molecule has 1 aliphatic heterocycles. The van der Waals surface area contributed by atoms with Crippen LogP contribution in [0.1, 0.15) is 0 Å². The Labute approximate surface area is 142 Å². The Morgan fingerprint density at radius 2 is 2.05 bits per heavy atom. The Morgan fingerprint density at radius 1 is 1.29 bits per heavy atom. The van der Waals surface area contributed by atoms with Gasteiger partial charge < -0.3 is 9.84 Å². The van der Waals surface area contributed by atoms with Gasteiger partial charge in [0.05, 0.1) is 5.57 Å². The van der Waals surface area contributed by atoms with Crippen molar-refractivity contribution in [1.82, 2.24) is 0 Å². The van der Waals surface area contributed by atoms with Crippen LogP contribution in [0.25, 0.3) is 0 Å². The highest BCUT2D eigenvalue weighted by atomic mass is 32.3. The molecule has 112 valence electrons. The molecule has 1 atom stereocenters. The van der Waals surface area contributed by atoms with Crippen LogP contribution in [0.5, 0.6) is 0 Å². The molecule has 0 saturated heterocycles. The number of ether oxygens (including phenoxy) is 1. The third kappa shape index (κ3) is 4.32. The topological polar surface area (TPSA) is 29.5 Å². The molecular weight excluding hydrogens is 360 g/mol. The first-order valence-corrected chi connectivity index (χ1v) is 11.4. The van der Waals surface area contributed by atoms with Crippen LogP contribution in [-0.4, -0.2) is 22.6 Å². The fourth-order valence-electron chi connectivity index (χ4n) is 1.68. The zero-order valence-electron chi connectivity index (χ0n) is 11.1. The molecule has 0 fully saturated rings. The van der Waals surface area contributed by atoms with Gasteiger partial charge in [-0.2, -0.15) is 0 Å². The molecule has 2 nitrogen and oxygen atoms in total. The molecule has 1 N–H and O–H groups in total. The molecule has 2 heterocycles. The normalized spacial score (nSPS) is 20.1. The minimum Gasteiger partial charge on any atom is -0.481 e. The summed E-state index contributed by atoms with van der Waals surface area (Å²) in [4.78, 5) is 0. The van der Waals surface area contributed by atoms with Crippen molar-refractivity contribution in [3.8, 4) is 0 Å². The summed E-state index contributed by atoms with van der Waals surface area (Å²) in [5.74, 6) is 0.878. The van der Waals surface area contributed by atoms with Gasteiger partial charge in [0.1, 0.15) is 9.74 Å². The van der Waals surface area contributed by atoms with E-state index in [0.717, 1.165) is 11.3 Å². The zero-order valence-corrected chi connectivity index (χ0v) is 15.1. The van der Waals surface area contributed by atoms with Gasteiger partial charge >= 0.3 is 0 Å². The van der Waals surface area contributed by atoms with Crippen molar-refractivity contribution in [2.45, 2.75) is 0 Å². The highest BCUT2D eigenvalue weighted by Gasteiger charge is 2.11. The molecule has 3 rings (SSSR count). The monoisotopic (exact) mass is 374 g/mol. The maximum atomic E-state index is 9.74. The molecule has 0 saturated carbocycles. The Balaban J connectivity index is 1.48. The second-order valence-electron chi connectivity index (χ2n) is 4.06. The smallest absolute Gasteiger partial charge is 0.284 e. The van der Waals surface area contributed by atoms with E-state index >= 15 is 0 Å². The van der Waals surface area contributed by atoms with Gasteiger partial charge in [0, 0.05) is 25.8 Å². The van der Waals surface area contributed by atoms with Crippen molar-refractivity contribution in [2.75, 3.05) is 17.4 Å². The van der Waals surface area contributed by atoms with Crippen molar-refractivity contribution >= 4 is 56.7 Å². The van der Waals surface area contributed by atoms with Crippen molar-refractivity contribution in [3.63, 3.8) is 0 Å². The minimum absolute atomic E-state index is 0.0220. The lowest BCUT2D eigenvalue weighted by molar-refractivity contribution is 0.102. The Kier molecular flexibility index (Phi) is 5.76. The number of hydrogen-bond acceptors (Lipinski definition) is 6. The largest absolute Gasteiger partial charge is 0.481 e. The van der Waals surface area contributed by atoms with Crippen molar-refractivity contribution < 1.29 is 9.84 Å². The lowest BCUT2D eigenvalue weighted by Crippen LogP contribution is -1.98. The van der Waals surface area contributed by atoms with Crippen LogP contribution in [0, 0.1) is 3.14 Å². The van der Waals surface area contributed by atoms with Crippen LogP contribution < -0.4 is 0 Å². The molecule has 2 aliphatic rings. The molecule has 1 aliphatic carbocycles. The summed E-state index contributed by atoms with van der Waals surface area (Å²) >= 11 is 7.46. The number of hydrogen-bond donors (Lipinski definition) is 1. The van der Waals surface area contributed by atoms with E-state index in [1.807, 2.05) is 70.5 Å². The molecule has 0 bridgehead atoms. The summed E-state index contributed by atoms with van der Waals surface area (Å²) in [6, 6.07) is 0. The number of aliphatic hydroxyl groups excluding tert-OH is 1. The van der Waals surface area contributed by atoms with E-state index in [9.17, 15) is 5.11 Å². The van der Waals surface area contributed by atoms with Crippen molar-refractivity contribution in [2.24, 2.45) is 0 Å². The first kappa shape index (κ1) is 15.6. The SMILES string of the molecule is OC(OCCSC1=CS(=c2sccs2)CS1)=C1C=CC=C1. The average molecular weight is 375 g/mol. The van der Waals surface area contributed by atoms with E-state index in [-0.39, 0.29) is 5.95 Å². The maximum absolute atomic E-state index is 9.74. The number of aliphatic hydroxyl groups is 1. The average Bonchev–Trinajstić information content (AvgIpc) is 3.25. The first-order chi connectivity index (χ1) is 10.3. The molecular formula is C14H14O2S5. The molecule has 7 heteroatoms. The van der Waals surface area contributed by atoms with Gasteiger partial charge in [0.15, 0.2) is 0 Å². The van der Waals surface area contributed by atoms with Gasteiger partial charge in [-0.3, -0.25) is 0 Å². The van der Waals surface area contributed by atoms with E-state index in [2.05, 4.69) is 16.2 Å². The van der Waals surface area contributed by atoms with E-state index < -0.39 is 0 Å². The van der Waals surface area contributed by atoms with Gasteiger partial charge in [-0.15, -0.1) is 56.7 Å². The van der Waals surface area contributed by atoms with Crippen LogP contribution in [0.3, 0.4) is 0 Å². The summed E-state index contributed by atoms with van der Waals surface area (Å²) in [6.45, 7) is 0.523. The Bertz CT molecular complexity index is 659. The Morgan fingerprint density at radius 3 is 2.81 bits per heavy atom. The lowest BCUT2D eigenvalue weighted by atomic mass is 10.3. The van der Waals surface area contributed by atoms with Crippen molar-refractivity contribution in [3.05, 3.63) is 59.4 Å². The quantitative estimate of drug-likeness (QED) is 0.403. The minimum atomic E-state index is 0.0220. The Hall–Kier alpha value is -0.340. The van der Waals surface area contributed by atoms with Gasteiger partial charge in [0.2, 0.25) is 0 Å². The van der Waals surface area contributed by atoms with Crippen LogP contribution in [0.2, 0.25) is 0 Å². The molecule has 0 spiro atoms. The van der Waals surface area contributed by atoms with E-state index in [1.54, 1.807) is 0 Å². The molecule has 0 radical (unpaired) electrons. The highest BCUT2D eigenvalue weighted by Crippen LogP contribution is 2.45. The summed E-state index contributed by atoms with van der Waals surface area (Å²) in [6.07, 6.45) is 7.45. The molecule has 0 aromatic carbocycles. The van der Waals surface area contributed by atoms with Crippen LogP contribution >= 0.6 is 56.7 Å². The van der Waals surface area contributed by atoms with Gasteiger partial charge in [-0.25, -0.2) is 0 Å².